The molecular formula is C27H35NO3. The van der Waals surface area contributed by atoms with Crippen molar-refractivity contribution < 1.29 is 14.6 Å². The number of aldehydes is 1. The van der Waals surface area contributed by atoms with Crippen LogP contribution in [0.5, 0.6) is 11.5 Å². The Kier molecular flexibility index (Phi) is 7.16. The summed E-state index contributed by atoms with van der Waals surface area (Å²) in [5, 5.41) is 10.9. The number of aryl methyl sites for hydroxylation is 1. The van der Waals surface area contributed by atoms with Crippen molar-refractivity contribution in [2.45, 2.75) is 82.8 Å². The highest BCUT2D eigenvalue weighted by molar-refractivity contribution is 5.67. The molecule has 0 aliphatic carbocycles. The van der Waals surface area contributed by atoms with E-state index in [0.29, 0.717) is 18.2 Å². The standard InChI is InChI=1S/C27H35NO3/c1-20(9-7-12-21-10-3-2-4-11-21)31-24-18-25-27(26(30)19-24)22(13-8-16-29)17-23-14-5-6-15-28(23)25/h2-4,10-11,16,18-20,22-23,30H,5-9,12-15,17H2,1H3. The lowest BCUT2D eigenvalue weighted by molar-refractivity contribution is -0.108. The van der Waals surface area contributed by atoms with Crippen molar-refractivity contribution in [1.29, 1.82) is 0 Å². The number of rotatable bonds is 9. The van der Waals surface area contributed by atoms with Crippen LogP contribution < -0.4 is 9.64 Å². The second-order valence-corrected chi connectivity index (χ2v) is 9.20. The van der Waals surface area contributed by atoms with Crippen LogP contribution >= 0.6 is 0 Å². The number of carbonyl (C=O) groups excluding carboxylic acids is 1. The number of phenolic OH excluding ortho intramolecular Hbond substituents is 1. The van der Waals surface area contributed by atoms with Crippen molar-refractivity contribution >= 4 is 12.0 Å². The van der Waals surface area contributed by atoms with Crippen molar-refractivity contribution in [3.63, 3.8) is 0 Å². The van der Waals surface area contributed by atoms with E-state index in [2.05, 4.69) is 42.2 Å². The molecule has 4 heteroatoms. The summed E-state index contributed by atoms with van der Waals surface area (Å²) in [7, 11) is 0. The smallest absolute Gasteiger partial charge is 0.125 e. The van der Waals surface area contributed by atoms with Gasteiger partial charge in [-0.15, -0.1) is 0 Å². The number of nitrogens with zero attached hydrogens (tertiary/aromatic N) is 1. The second-order valence-electron chi connectivity index (χ2n) is 9.20. The predicted octanol–water partition coefficient (Wildman–Crippen LogP) is 6.01. The Bertz CT molecular complexity index is 866. The van der Waals surface area contributed by atoms with Gasteiger partial charge in [-0.2, -0.15) is 0 Å². The van der Waals surface area contributed by atoms with Crippen molar-refractivity contribution in [2.75, 3.05) is 11.4 Å². The highest BCUT2D eigenvalue weighted by Gasteiger charge is 2.36. The average molecular weight is 422 g/mol. The van der Waals surface area contributed by atoms with Gasteiger partial charge in [0.2, 0.25) is 0 Å². The minimum absolute atomic E-state index is 0.0905. The maximum Gasteiger partial charge on any atom is 0.125 e. The van der Waals surface area contributed by atoms with E-state index in [9.17, 15) is 9.90 Å². The quantitative estimate of drug-likeness (QED) is 0.504. The van der Waals surface area contributed by atoms with Gasteiger partial charge in [-0.25, -0.2) is 0 Å². The number of benzene rings is 2. The van der Waals surface area contributed by atoms with Crippen LogP contribution in [0.3, 0.4) is 0 Å². The lowest BCUT2D eigenvalue weighted by atomic mass is 9.79. The van der Waals surface area contributed by atoms with Crippen LogP contribution in [0.1, 0.15) is 75.3 Å². The number of hydrogen-bond acceptors (Lipinski definition) is 4. The maximum absolute atomic E-state index is 11.0. The van der Waals surface area contributed by atoms with Gasteiger partial charge in [-0.1, -0.05) is 30.3 Å². The van der Waals surface area contributed by atoms with Gasteiger partial charge < -0.3 is 19.5 Å². The summed E-state index contributed by atoms with van der Waals surface area (Å²) >= 11 is 0. The minimum Gasteiger partial charge on any atom is -0.507 e. The van der Waals surface area contributed by atoms with Crippen LogP contribution in [0.25, 0.3) is 0 Å². The number of anilines is 1. The largest absolute Gasteiger partial charge is 0.507 e. The first-order valence-corrected chi connectivity index (χ1v) is 11.9. The molecule has 1 fully saturated rings. The van der Waals surface area contributed by atoms with E-state index in [4.69, 9.17) is 4.74 Å². The first-order valence-electron chi connectivity index (χ1n) is 11.9. The van der Waals surface area contributed by atoms with E-state index in [1.54, 1.807) is 6.07 Å². The van der Waals surface area contributed by atoms with E-state index in [1.807, 2.05) is 6.07 Å². The highest BCUT2D eigenvalue weighted by atomic mass is 16.5. The fourth-order valence-corrected chi connectivity index (χ4v) is 5.39. The summed E-state index contributed by atoms with van der Waals surface area (Å²) in [4.78, 5) is 13.5. The van der Waals surface area contributed by atoms with Crippen LogP contribution in [0, 0.1) is 0 Å². The molecule has 2 aliphatic rings. The van der Waals surface area contributed by atoms with Gasteiger partial charge in [0.05, 0.1) is 6.10 Å². The summed E-state index contributed by atoms with van der Waals surface area (Å²) in [6.45, 7) is 3.14. The first-order chi connectivity index (χ1) is 15.2. The van der Waals surface area contributed by atoms with Crippen molar-refractivity contribution in [3.8, 4) is 11.5 Å². The van der Waals surface area contributed by atoms with Crippen LogP contribution in [0.15, 0.2) is 42.5 Å². The zero-order valence-electron chi connectivity index (χ0n) is 18.6. The lowest BCUT2D eigenvalue weighted by Gasteiger charge is -2.45. The third-order valence-corrected chi connectivity index (χ3v) is 6.90. The Morgan fingerprint density at radius 2 is 2.06 bits per heavy atom. The monoisotopic (exact) mass is 421 g/mol. The molecular weight excluding hydrogens is 386 g/mol. The van der Waals surface area contributed by atoms with Crippen LogP contribution in [-0.2, 0) is 11.2 Å². The summed E-state index contributed by atoms with van der Waals surface area (Å²) < 4.78 is 6.25. The van der Waals surface area contributed by atoms with Crippen LogP contribution in [-0.4, -0.2) is 30.1 Å². The molecule has 0 saturated carbocycles. The molecule has 0 bridgehead atoms. The fourth-order valence-electron chi connectivity index (χ4n) is 5.39. The van der Waals surface area contributed by atoms with Gasteiger partial charge >= 0.3 is 0 Å². The minimum atomic E-state index is 0.0905. The van der Waals surface area contributed by atoms with Crippen molar-refractivity contribution in [3.05, 3.63) is 53.6 Å². The summed E-state index contributed by atoms with van der Waals surface area (Å²) in [5.74, 6) is 1.32. The zero-order valence-corrected chi connectivity index (χ0v) is 18.6. The molecule has 0 radical (unpaired) electrons. The van der Waals surface area contributed by atoms with Crippen molar-refractivity contribution in [2.24, 2.45) is 0 Å². The average Bonchev–Trinajstić information content (AvgIpc) is 2.78. The number of piperidine rings is 1. The fraction of sp³-hybridized carbons (Fsp3) is 0.519. The van der Waals surface area contributed by atoms with E-state index < -0.39 is 0 Å². The molecule has 0 aromatic heterocycles. The summed E-state index contributed by atoms with van der Waals surface area (Å²) in [6.07, 6.45) is 10.2. The molecule has 4 rings (SSSR count). The van der Waals surface area contributed by atoms with Gasteiger partial charge in [0.25, 0.3) is 0 Å². The van der Waals surface area contributed by atoms with E-state index in [-0.39, 0.29) is 12.0 Å². The first kappa shape index (κ1) is 21.7. The molecule has 3 atom stereocenters. The molecule has 4 nitrogen and oxygen atoms in total. The molecule has 0 amide bonds. The molecule has 1 saturated heterocycles. The third kappa shape index (κ3) is 5.23. The SMILES string of the molecule is CC(CCCc1ccccc1)Oc1cc(O)c2c(c1)N1CCCCC1CC2CCC=O. The normalized spacial score (nSPS) is 21.1. The predicted molar refractivity (Wildman–Crippen MR) is 125 cm³/mol. The number of ether oxygens (including phenoxy) is 1. The van der Waals surface area contributed by atoms with Gasteiger partial charge in [-0.05, 0) is 69.8 Å². The Labute approximate surface area is 186 Å². The Morgan fingerprint density at radius 3 is 2.87 bits per heavy atom. The zero-order chi connectivity index (χ0) is 21.6. The Hall–Kier alpha value is -2.49. The molecule has 166 valence electrons. The van der Waals surface area contributed by atoms with E-state index in [0.717, 1.165) is 61.9 Å². The molecule has 2 aromatic rings. The Morgan fingerprint density at radius 1 is 1.23 bits per heavy atom. The van der Waals surface area contributed by atoms with Gasteiger partial charge in [-0.3, -0.25) is 0 Å². The second kappa shape index (κ2) is 10.2. The number of aromatic hydroxyl groups is 1. The molecule has 0 spiro atoms. The number of hydrogen-bond donors (Lipinski definition) is 1. The molecule has 3 unspecified atom stereocenters. The molecule has 2 aromatic carbocycles. The Balaban J connectivity index is 1.46. The summed E-state index contributed by atoms with van der Waals surface area (Å²) in [6, 6.07) is 15.0. The van der Waals surface area contributed by atoms with Gasteiger partial charge in [0.15, 0.2) is 0 Å². The van der Waals surface area contributed by atoms with Gasteiger partial charge in [0, 0.05) is 42.4 Å². The summed E-state index contributed by atoms with van der Waals surface area (Å²) in [5.41, 5.74) is 3.50. The van der Waals surface area contributed by atoms with Crippen LogP contribution in [0.2, 0.25) is 0 Å². The highest BCUT2D eigenvalue weighted by Crippen LogP contribution is 2.49. The molecule has 2 heterocycles. The van der Waals surface area contributed by atoms with Crippen molar-refractivity contribution in [1.82, 2.24) is 0 Å². The number of carbonyl (C=O) groups is 1. The van der Waals surface area contributed by atoms with Crippen LogP contribution in [0.4, 0.5) is 5.69 Å². The number of phenols is 1. The molecule has 1 N–H and O–H groups in total. The van der Waals surface area contributed by atoms with E-state index in [1.165, 1.54) is 24.8 Å². The topological polar surface area (TPSA) is 49.8 Å². The van der Waals surface area contributed by atoms with E-state index >= 15 is 0 Å². The molecule has 31 heavy (non-hydrogen) atoms. The number of fused-ring (bicyclic) bond motifs is 3. The third-order valence-electron chi connectivity index (χ3n) is 6.90. The van der Waals surface area contributed by atoms with Gasteiger partial charge in [0.1, 0.15) is 17.8 Å². The molecule has 2 aliphatic heterocycles. The maximum atomic E-state index is 11.0. The lowest BCUT2D eigenvalue weighted by Crippen LogP contribution is -2.44.